The minimum absolute atomic E-state index is 0.244. The van der Waals surface area contributed by atoms with E-state index in [-0.39, 0.29) is 6.04 Å². The molecular weight excluding hydrogens is 162 g/mol. The Morgan fingerprint density at radius 3 is 2.36 bits per heavy atom. The maximum Gasteiger partial charge on any atom is 0.104 e. The fourth-order valence-electron chi connectivity index (χ4n) is 1.22. The van der Waals surface area contributed by atoms with Gasteiger partial charge in [0, 0.05) is 25.4 Å². The van der Waals surface area contributed by atoms with Crippen LogP contribution >= 0.6 is 0 Å². The van der Waals surface area contributed by atoms with E-state index in [1.165, 1.54) is 6.26 Å². The van der Waals surface area contributed by atoms with E-state index in [2.05, 4.69) is 0 Å². The van der Waals surface area contributed by atoms with Crippen LogP contribution in [0.1, 0.15) is 12.8 Å². The Morgan fingerprint density at radius 1 is 1.55 bits per heavy atom. The zero-order valence-corrected chi connectivity index (χ0v) is 7.56. The number of nitrogens with two attached hydrogens (primary N) is 1. The van der Waals surface area contributed by atoms with Crippen LogP contribution in [0.15, 0.2) is 0 Å². The highest BCUT2D eigenvalue weighted by molar-refractivity contribution is 7.89. The average Bonchev–Trinajstić information content (AvgIpc) is 1.86. The normalized spacial score (nSPS) is 28.2. The van der Waals surface area contributed by atoms with Crippen molar-refractivity contribution in [1.29, 1.82) is 4.78 Å². The third-order valence-corrected chi connectivity index (χ3v) is 3.34. The smallest absolute Gasteiger partial charge is 0.104 e. The van der Waals surface area contributed by atoms with Gasteiger partial charge in [0.15, 0.2) is 0 Å². The minimum atomic E-state index is -2.47. The van der Waals surface area contributed by atoms with Crippen LogP contribution in [-0.2, 0) is 9.92 Å². The summed E-state index contributed by atoms with van der Waals surface area (Å²) in [6.45, 7) is 1.42. The third-order valence-electron chi connectivity index (χ3n) is 1.99. The molecule has 0 spiro atoms. The number of piperidine rings is 1. The van der Waals surface area contributed by atoms with E-state index in [1.807, 2.05) is 0 Å². The number of hydrogen-bond donors (Lipinski definition) is 2. The Hall–Kier alpha value is -0.130. The van der Waals surface area contributed by atoms with Crippen LogP contribution in [-0.4, -0.2) is 33.9 Å². The molecule has 1 saturated heterocycles. The molecule has 0 saturated carbocycles. The summed E-state index contributed by atoms with van der Waals surface area (Å²) in [7, 11) is -2.47. The van der Waals surface area contributed by atoms with Crippen LogP contribution in [0.5, 0.6) is 0 Å². The molecule has 0 amide bonds. The molecule has 3 N–H and O–H groups in total. The molecule has 0 aromatic carbocycles. The highest BCUT2D eigenvalue weighted by Gasteiger charge is 2.20. The summed E-state index contributed by atoms with van der Waals surface area (Å²) < 4.78 is 20.2. The SMILES string of the molecule is CS(=N)(=O)N1CCC(N)CC1. The maximum atomic E-state index is 11.2. The molecule has 0 radical (unpaired) electrons. The van der Waals surface area contributed by atoms with Crippen LogP contribution in [0.4, 0.5) is 0 Å². The number of nitrogens with zero attached hydrogens (tertiary/aromatic N) is 1. The second kappa shape index (κ2) is 3.08. The van der Waals surface area contributed by atoms with Gasteiger partial charge >= 0.3 is 0 Å². The lowest BCUT2D eigenvalue weighted by Crippen LogP contribution is -2.41. The Labute approximate surface area is 67.9 Å². The summed E-state index contributed by atoms with van der Waals surface area (Å²) in [5, 5.41) is 0. The molecule has 5 heteroatoms. The van der Waals surface area contributed by atoms with Crippen molar-refractivity contribution in [3.05, 3.63) is 0 Å². The van der Waals surface area contributed by atoms with Crippen molar-refractivity contribution < 1.29 is 4.21 Å². The van der Waals surface area contributed by atoms with Gasteiger partial charge in [-0.25, -0.2) is 13.3 Å². The van der Waals surface area contributed by atoms with Gasteiger partial charge in [-0.1, -0.05) is 0 Å². The molecule has 0 aliphatic carbocycles. The second-order valence-corrected chi connectivity index (χ2v) is 5.19. The van der Waals surface area contributed by atoms with Crippen molar-refractivity contribution in [2.45, 2.75) is 18.9 Å². The standard InChI is InChI=1S/C6H15N3OS/c1-11(8,10)9-4-2-6(7)3-5-9/h6,8H,2-5,7H2,1H3. The van der Waals surface area contributed by atoms with E-state index in [1.54, 1.807) is 4.31 Å². The third kappa shape index (κ3) is 2.43. The molecule has 1 unspecified atom stereocenters. The van der Waals surface area contributed by atoms with E-state index in [0.717, 1.165) is 12.8 Å². The van der Waals surface area contributed by atoms with Crippen molar-refractivity contribution >= 4 is 9.92 Å². The van der Waals surface area contributed by atoms with Crippen molar-refractivity contribution in [2.24, 2.45) is 5.73 Å². The average molecular weight is 177 g/mol. The van der Waals surface area contributed by atoms with Crippen LogP contribution in [0, 0.1) is 4.78 Å². The Morgan fingerprint density at radius 2 is 2.00 bits per heavy atom. The van der Waals surface area contributed by atoms with Gasteiger partial charge in [-0.05, 0) is 12.8 Å². The number of hydrogen-bond acceptors (Lipinski definition) is 3. The topological polar surface area (TPSA) is 70.2 Å². The van der Waals surface area contributed by atoms with Gasteiger partial charge in [0.25, 0.3) is 0 Å². The summed E-state index contributed by atoms with van der Waals surface area (Å²) in [6, 6.07) is 0.244. The van der Waals surface area contributed by atoms with Gasteiger partial charge < -0.3 is 5.73 Å². The van der Waals surface area contributed by atoms with E-state index in [9.17, 15) is 4.21 Å². The molecule has 1 aliphatic heterocycles. The highest BCUT2D eigenvalue weighted by atomic mass is 32.2. The number of rotatable bonds is 1. The summed E-state index contributed by atoms with van der Waals surface area (Å²) in [6.07, 6.45) is 3.19. The molecule has 0 aromatic heterocycles. The molecule has 4 nitrogen and oxygen atoms in total. The van der Waals surface area contributed by atoms with Gasteiger partial charge in [-0.15, -0.1) is 0 Å². The Bertz CT molecular complexity index is 216. The predicted molar refractivity (Wildman–Crippen MR) is 45.6 cm³/mol. The van der Waals surface area contributed by atoms with Crippen molar-refractivity contribution in [1.82, 2.24) is 4.31 Å². The molecule has 1 aliphatic rings. The fraction of sp³-hybridized carbons (Fsp3) is 1.00. The van der Waals surface area contributed by atoms with Gasteiger partial charge in [0.2, 0.25) is 0 Å². The molecule has 1 fully saturated rings. The van der Waals surface area contributed by atoms with Gasteiger partial charge in [-0.3, -0.25) is 0 Å². The molecule has 0 aromatic rings. The minimum Gasteiger partial charge on any atom is -0.328 e. The first-order valence-corrected chi connectivity index (χ1v) is 5.67. The lowest BCUT2D eigenvalue weighted by atomic mass is 10.1. The quantitative estimate of drug-likeness (QED) is 0.592. The number of nitrogens with one attached hydrogen (secondary N) is 1. The maximum absolute atomic E-state index is 11.2. The van der Waals surface area contributed by atoms with E-state index in [4.69, 9.17) is 10.5 Å². The molecule has 66 valence electrons. The summed E-state index contributed by atoms with van der Waals surface area (Å²) in [5.41, 5.74) is 5.66. The van der Waals surface area contributed by atoms with Gasteiger partial charge in [0.05, 0.1) is 0 Å². The van der Waals surface area contributed by atoms with E-state index < -0.39 is 9.92 Å². The summed E-state index contributed by atoms with van der Waals surface area (Å²) >= 11 is 0. The van der Waals surface area contributed by atoms with Gasteiger partial charge in [-0.2, -0.15) is 0 Å². The highest BCUT2D eigenvalue weighted by Crippen LogP contribution is 2.11. The first-order chi connectivity index (χ1) is 5.00. The summed E-state index contributed by atoms with van der Waals surface area (Å²) in [4.78, 5) is 0. The fourth-order valence-corrected chi connectivity index (χ4v) is 2.13. The second-order valence-electron chi connectivity index (χ2n) is 3.07. The van der Waals surface area contributed by atoms with Crippen LogP contribution in [0.3, 0.4) is 0 Å². The monoisotopic (exact) mass is 177 g/mol. The van der Waals surface area contributed by atoms with Crippen molar-refractivity contribution in [3.8, 4) is 0 Å². The predicted octanol–water partition coefficient (Wildman–Crippen LogP) is 0.00107. The van der Waals surface area contributed by atoms with Crippen LogP contribution < -0.4 is 5.73 Å². The van der Waals surface area contributed by atoms with Crippen molar-refractivity contribution in [2.75, 3.05) is 19.3 Å². The first kappa shape index (κ1) is 8.96. The zero-order chi connectivity index (χ0) is 8.48. The summed E-state index contributed by atoms with van der Waals surface area (Å²) in [5.74, 6) is 0. The molecule has 1 rings (SSSR count). The lowest BCUT2D eigenvalue weighted by molar-refractivity contribution is 0.332. The van der Waals surface area contributed by atoms with E-state index >= 15 is 0 Å². The van der Waals surface area contributed by atoms with Crippen LogP contribution in [0.2, 0.25) is 0 Å². The zero-order valence-electron chi connectivity index (χ0n) is 6.75. The Kier molecular flexibility index (Phi) is 2.51. The first-order valence-electron chi connectivity index (χ1n) is 3.74. The molecule has 1 heterocycles. The molecular formula is C6H15N3OS. The largest absolute Gasteiger partial charge is 0.328 e. The Balaban J connectivity index is 2.53. The lowest BCUT2D eigenvalue weighted by Gasteiger charge is -2.29. The molecule has 1 atom stereocenters. The van der Waals surface area contributed by atoms with E-state index in [0.29, 0.717) is 13.1 Å². The molecule has 0 bridgehead atoms. The van der Waals surface area contributed by atoms with Crippen molar-refractivity contribution in [3.63, 3.8) is 0 Å². The van der Waals surface area contributed by atoms with Crippen LogP contribution in [0.25, 0.3) is 0 Å². The molecule has 11 heavy (non-hydrogen) atoms. The van der Waals surface area contributed by atoms with Gasteiger partial charge in [0.1, 0.15) is 9.92 Å².